The quantitative estimate of drug-likeness (QED) is 0.711. The van der Waals surface area contributed by atoms with Gasteiger partial charge < -0.3 is 21.3 Å². The van der Waals surface area contributed by atoms with Gasteiger partial charge in [0.25, 0.3) is 0 Å². The zero-order valence-corrected chi connectivity index (χ0v) is 16.9. The molecule has 1 fully saturated rings. The summed E-state index contributed by atoms with van der Waals surface area (Å²) in [4.78, 5) is 36.3. The maximum atomic E-state index is 13.0. The maximum absolute atomic E-state index is 13.0. The van der Waals surface area contributed by atoms with Gasteiger partial charge in [0.05, 0.1) is 11.5 Å². The van der Waals surface area contributed by atoms with E-state index < -0.39 is 5.92 Å². The summed E-state index contributed by atoms with van der Waals surface area (Å²) in [7, 11) is 0. The Bertz CT molecular complexity index is 974. The molecule has 4 rings (SSSR count). The van der Waals surface area contributed by atoms with Gasteiger partial charge in [-0.05, 0) is 43.9 Å². The number of rotatable bonds is 3. The molecule has 2 aromatic rings. The van der Waals surface area contributed by atoms with Gasteiger partial charge in [0, 0.05) is 30.2 Å². The number of halogens is 1. The number of carbonyl (C=O) groups is 2. The van der Waals surface area contributed by atoms with Crippen LogP contribution in [0.2, 0.25) is 5.02 Å². The third kappa shape index (κ3) is 3.85. The molecule has 0 unspecified atom stereocenters. The van der Waals surface area contributed by atoms with Crippen LogP contribution in [0, 0.1) is 6.92 Å². The van der Waals surface area contributed by atoms with Crippen molar-refractivity contribution in [1.82, 2.24) is 9.97 Å². The average Bonchev–Trinajstić information content (AvgIpc) is 2.71. The average molecular weight is 415 g/mol. The van der Waals surface area contributed by atoms with E-state index in [4.69, 9.17) is 17.3 Å². The van der Waals surface area contributed by atoms with Crippen molar-refractivity contribution in [1.29, 1.82) is 0 Å². The van der Waals surface area contributed by atoms with E-state index in [1.807, 2.05) is 6.92 Å². The molecule has 2 amide bonds. The van der Waals surface area contributed by atoms with Gasteiger partial charge >= 0.3 is 0 Å². The fourth-order valence-electron chi connectivity index (χ4n) is 3.81. The topological polar surface area (TPSA) is 113 Å². The lowest BCUT2D eigenvalue weighted by Crippen LogP contribution is -2.35. The van der Waals surface area contributed by atoms with Crippen LogP contribution >= 0.6 is 11.6 Å². The van der Waals surface area contributed by atoms with Crippen molar-refractivity contribution < 1.29 is 9.59 Å². The Morgan fingerprint density at radius 1 is 1.28 bits per heavy atom. The fourth-order valence-corrected chi connectivity index (χ4v) is 3.98. The van der Waals surface area contributed by atoms with Crippen LogP contribution in [0.5, 0.6) is 0 Å². The molecule has 1 atom stereocenters. The Morgan fingerprint density at radius 2 is 2.03 bits per heavy atom. The van der Waals surface area contributed by atoms with Crippen LogP contribution in [0.25, 0.3) is 0 Å². The minimum Gasteiger partial charge on any atom is -0.383 e. The van der Waals surface area contributed by atoms with Gasteiger partial charge in [0.1, 0.15) is 11.6 Å². The Balaban J connectivity index is 1.65. The Labute approximate surface area is 173 Å². The lowest BCUT2D eigenvalue weighted by molar-refractivity contribution is -0.123. The number of nitrogen functional groups attached to an aromatic ring is 1. The monoisotopic (exact) mass is 414 g/mol. The molecule has 1 aromatic carbocycles. The minimum atomic E-state index is -0.771. The number of benzene rings is 1. The third-order valence-corrected chi connectivity index (χ3v) is 5.85. The summed E-state index contributed by atoms with van der Waals surface area (Å²) < 4.78 is 0. The van der Waals surface area contributed by atoms with Crippen LogP contribution < -0.4 is 21.3 Å². The van der Waals surface area contributed by atoms with E-state index in [0.29, 0.717) is 28.0 Å². The van der Waals surface area contributed by atoms with Gasteiger partial charge in [0.2, 0.25) is 17.8 Å². The van der Waals surface area contributed by atoms with Crippen LogP contribution in [0.1, 0.15) is 42.7 Å². The first-order valence-corrected chi connectivity index (χ1v) is 10.1. The van der Waals surface area contributed by atoms with E-state index in [1.165, 1.54) is 6.42 Å². The van der Waals surface area contributed by atoms with Gasteiger partial charge in [-0.2, -0.15) is 9.97 Å². The lowest BCUT2D eigenvalue weighted by Gasteiger charge is -2.30. The molecule has 2 aliphatic heterocycles. The van der Waals surface area contributed by atoms with Crippen molar-refractivity contribution >= 4 is 46.7 Å². The number of carbonyl (C=O) groups excluding carboxylic acids is 2. The van der Waals surface area contributed by atoms with Gasteiger partial charge in [0.15, 0.2) is 0 Å². The molecule has 0 aliphatic carbocycles. The van der Waals surface area contributed by atoms with Crippen molar-refractivity contribution in [2.45, 2.75) is 38.5 Å². The molecule has 3 heterocycles. The second-order valence-electron chi connectivity index (χ2n) is 7.43. The van der Waals surface area contributed by atoms with Gasteiger partial charge in [-0.1, -0.05) is 17.7 Å². The molecule has 0 bridgehead atoms. The fraction of sp³-hybridized carbons (Fsp3) is 0.400. The number of aromatic nitrogens is 2. The summed E-state index contributed by atoms with van der Waals surface area (Å²) in [6.45, 7) is 3.52. The molecular formula is C20H23ClN6O2. The highest BCUT2D eigenvalue weighted by Gasteiger charge is 2.35. The SMILES string of the molecule is Cc1c(Cl)cccc1NC(=O)[C@H]1CC(=O)Nc2nc(N3CCCCC3)nc(N)c21. The van der Waals surface area contributed by atoms with E-state index in [0.717, 1.165) is 31.5 Å². The summed E-state index contributed by atoms with van der Waals surface area (Å²) in [6, 6.07) is 5.28. The van der Waals surface area contributed by atoms with Gasteiger partial charge in [-0.25, -0.2) is 0 Å². The molecule has 4 N–H and O–H groups in total. The number of piperidine rings is 1. The predicted molar refractivity (Wildman–Crippen MR) is 113 cm³/mol. The first-order chi connectivity index (χ1) is 13.9. The number of hydrogen-bond donors (Lipinski definition) is 3. The smallest absolute Gasteiger partial charge is 0.232 e. The Kier molecular flexibility index (Phi) is 5.27. The highest BCUT2D eigenvalue weighted by molar-refractivity contribution is 6.31. The molecule has 9 heteroatoms. The van der Waals surface area contributed by atoms with E-state index in [-0.39, 0.29) is 24.1 Å². The van der Waals surface area contributed by atoms with Crippen molar-refractivity contribution in [3.63, 3.8) is 0 Å². The second-order valence-corrected chi connectivity index (χ2v) is 7.83. The van der Waals surface area contributed by atoms with E-state index in [1.54, 1.807) is 18.2 Å². The molecule has 2 aliphatic rings. The summed E-state index contributed by atoms with van der Waals surface area (Å²) in [6.07, 6.45) is 3.29. The normalized spacial score (nSPS) is 18.8. The van der Waals surface area contributed by atoms with Crippen LogP contribution in [-0.2, 0) is 9.59 Å². The summed E-state index contributed by atoms with van der Waals surface area (Å²) in [5.41, 5.74) is 8.05. The highest BCUT2D eigenvalue weighted by Crippen LogP contribution is 2.37. The number of nitrogens with two attached hydrogens (primary N) is 1. The Morgan fingerprint density at radius 3 is 2.79 bits per heavy atom. The van der Waals surface area contributed by atoms with Crippen LogP contribution in [0.4, 0.5) is 23.3 Å². The van der Waals surface area contributed by atoms with Gasteiger partial charge in [-0.3, -0.25) is 9.59 Å². The van der Waals surface area contributed by atoms with Crippen LogP contribution in [0.15, 0.2) is 18.2 Å². The van der Waals surface area contributed by atoms with E-state index in [9.17, 15) is 9.59 Å². The Hall–Kier alpha value is -2.87. The predicted octanol–water partition coefficient (Wildman–Crippen LogP) is 3.08. The minimum absolute atomic E-state index is 0.0188. The second kappa shape index (κ2) is 7.87. The first-order valence-electron chi connectivity index (χ1n) is 9.72. The molecule has 1 aromatic heterocycles. The third-order valence-electron chi connectivity index (χ3n) is 5.44. The van der Waals surface area contributed by atoms with E-state index in [2.05, 4.69) is 25.5 Å². The molecule has 0 radical (unpaired) electrons. The number of fused-ring (bicyclic) bond motifs is 1. The molecule has 0 saturated carbocycles. The van der Waals surface area contributed by atoms with Crippen molar-refractivity contribution in [2.24, 2.45) is 0 Å². The van der Waals surface area contributed by atoms with Crippen molar-refractivity contribution in [3.05, 3.63) is 34.3 Å². The summed E-state index contributed by atoms with van der Waals surface area (Å²) in [5.74, 6) is -0.355. The van der Waals surface area contributed by atoms with Crippen molar-refractivity contribution in [3.8, 4) is 0 Å². The molecule has 8 nitrogen and oxygen atoms in total. The first kappa shape index (κ1) is 19.4. The van der Waals surface area contributed by atoms with Crippen LogP contribution in [-0.4, -0.2) is 34.9 Å². The number of hydrogen-bond acceptors (Lipinski definition) is 6. The molecule has 0 spiro atoms. The highest BCUT2D eigenvalue weighted by atomic mass is 35.5. The number of anilines is 4. The largest absolute Gasteiger partial charge is 0.383 e. The van der Waals surface area contributed by atoms with E-state index >= 15 is 0 Å². The molecule has 152 valence electrons. The lowest BCUT2D eigenvalue weighted by atomic mass is 9.91. The number of nitrogens with one attached hydrogen (secondary N) is 2. The molecule has 1 saturated heterocycles. The van der Waals surface area contributed by atoms with Crippen LogP contribution in [0.3, 0.4) is 0 Å². The zero-order valence-electron chi connectivity index (χ0n) is 16.2. The number of nitrogens with zero attached hydrogens (tertiary/aromatic N) is 3. The summed E-state index contributed by atoms with van der Waals surface area (Å²) in [5, 5.41) is 6.17. The number of amides is 2. The zero-order chi connectivity index (χ0) is 20.5. The maximum Gasteiger partial charge on any atom is 0.232 e. The van der Waals surface area contributed by atoms with Gasteiger partial charge in [-0.15, -0.1) is 0 Å². The molecular weight excluding hydrogens is 392 g/mol. The standard InChI is InChI=1S/C20H23ClN6O2/c1-11-13(21)6-5-7-14(11)23-19(29)12-10-15(28)24-18-16(12)17(22)25-20(26-18)27-8-3-2-4-9-27/h5-7,12H,2-4,8-10H2,1H3,(H,23,29)(H3,22,24,25,26,28)/t12-/m0/s1. The summed E-state index contributed by atoms with van der Waals surface area (Å²) >= 11 is 6.14. The molecule has 29 heavy (non-hydrogen) atoms. The van der Waals surface area contributed by atoms with Crippen molar-refractivity contribution in [2.75, 3.05) is 34.4 Å².